The van der Waals surface area contributed by atoms with Crippen molar-refractivity contribution in [2.24, 2.45) is 0 Å². The van der Waals surface area contributed by atoms with Gasteiger partial charge in [-0.3, -0.25) is 4.90 Å². The summed E-state index contributed by atoms with van der Waals surface area (Å²) >= 11 is 1.72. The molecule has 0 aliphatic carbocycles. The number of aromatic nitrogens is 1. The van der Waals surface area contributed by atoms with E-state index >= 15 is 0 Å². The van der Waals surface area contributed by atoms with Crippen molar-refractivity contribution in [3.63, 3.8) is 0 Å². The van der Waals surface area contributed by atoms with E-state index in [1.54, 1.807) is 18.3 Å². The van der Waals surface area contributed by atoms with Crippen LogP contribution in [0, 0.1) is 0 Å². The van der Waals surface area contributed by atoms with E-state index in [0.717, 1.165) is 12.2 Å². The van der Waals surface area contributed by atoms with Crippen LogP contribution in [0.2, 0.25) is 0 Å². The van der Waals surface area contributed by atoms with E-state index in [4.69, 9.17) is 0 Å². The van der Waals surface area contributed by atoms with Gasteiger partial charge < -0.3 is 5.11 Å². The molecule has 0 spiro atoms. The molecule has 1 heterocycles. The predicted molar refractivity (Wildman–Crippen MR) is 68.8 cm³/mol. The fourth-order valence-corrected chi connectivity index (χ4v) is 2.41. The molecule has 1 N–H and O–H groups in total. The first kappa shape index (κ1) is 13.6. The molecule has 1 aromatic heterocycles. The molecule has 0 radical (unpaired) electrons. The lowest BCUT2D eigenvalue weighted by molar-refractivity contribution is 0.138. The minimum absolute atomic E-state index is 0.131. The van der Waals surface area contributed by atoms with E-state index in [9.17, 15) is 5.11 Å². The highest BCUT2D eigenvalue weighted by Crippen LogP contribution is 2.25. The fourth-order valence-electron chi connectivity index (χ4n) is 1.52. The Bertz CT molecular complexity index is 328. The summed E-state index contributed by atoms with van der Waals surface area (Å²) in [5, 5.41) is 12.6. The van der Waals surface area contributed by atoms with Gasteiger partial charge in [-0.25, -0.2) is 4.98 Å². The summed E-state index contributed by atoms with van der Waals surface area (Å²) in [5.74, 6) is 0. The molecule has 0 bridgehead atoms. The van der Waals surface area contributed by atoms with Crippen molar-refractivity contribution in [1.29, 1.82) is 0 Å². The Labute approximate surface area is 102 Å². The smallest absolute Gasteiger partial charge is 0.0982 e. The number of nitrogens with zero attached hydrogens (tertiary/aromatic N) is 2. The Morgan fingerprint density at radius 1 is 1.50 bits per heavy atom. The van der Waals surface area contributed by atoms with Crippen LogP contribution in [0.3, 0.4) is 0 Å². The summed E-state index contributed by atoms with van der Waals surface area (Å²) in [5.41, 5.74) is 1.23. The van der Waals surface area contributed by atoms with Crippen LogP contribution in [-0.4, -0.2) is 34.7 Å². The number of likely N-dealkylation sites (N-methyl/N-ethyl adjacent to an activating group) is 1. The monoisotopic (exact) mass is 242 g/mol. The zero-order chi connectivity index (χ0) is 12.3. The standard InChI is InChI=1S/C12H22N2OS/c1-9(15)6-14(5)7-10-8-16-11(13-10)12(2,3)4/h8-9,15H,6-7H2,1-5H3. The van der Waals surface area contributed by atoms with Crippen LogP contribution in [-0.2, 0) is 12.0 Å². The number of hydrogen-bond donors (Lipinski definition) is 1. The molecule has 0 fully saturated rings. The van der Waals surface area contributed by atoms with Crippen LogP contribution in [0.5, 0.6) is 0 Å². The molecule has 0 saturated carbocycles. The minimum Gasteiger partial charge on any atom is -0.392 e. The zero-order valence-electron chi connectivity index (χ0n) is 10.8. The number of aliphatic hydroxyl groups is 1. The van der Waals surface area contributed by atoms with E-state index in [-0.39, 0.29) is 11.5 Å². The van der Waals surface area contributed by atoms with Crippen LogP contribution >= 0.6 is 11.3 Å². The molecule has 92 valence electrons. The predicted octanol–water partition coefficient (Wildman–Crippen LogP) is 2.25. The first-order valence-electron chi connectivity index (χ1n) is 5.60. The molecule has 0 saturated heterocycles. The van der Waals surface area contributed by atoms with Crippen LogP contribution in [0.4, 0.5) is 0 Å². The van der Waals surface area contributed by atoms with Gasteiger partial charge in [0.05, 0.1) is 16.8 Å². The Hall–Kier alpha value is -0.450. The second kappa shape index (κ2) is 5.25. The Kier molecular flexibility index (Phi) is 4.47. The summed E-state index contributed by atoms with van der Waals surface area (Å²) in [7, 11) is 2.00. The SMILES string of the molecule is CC(O)CN(C)Cc1csc(C(C)(C)C)n1. The van der Waals surface area contributed by atoms with Crippen LogP contribution in [0.25, 0.3) is 0 Å². The van der Waals surface area contributed by atoms with Gasteiger partial charge in [-0.2, -0.15) is 0 Å². The van der Waals surface area contributed by atoms with Crippen molar-refractivity contribution in [3.8, 4) is 0 Å². The zero-order valence-corrected chi connectivity index (χ0v) is 11.6. The van der Waals surface area contributed by atoms with Crippen molar-refractivity contribution < 1.29 is 5.11 Å². The molecule has 0 aromatic carbocycles. The summed E-state index contributed by atoms with van der Waals surface area (Å²) in [6.45, 7) is 9.82. The van der Waals surface area contributed by atoms with E-state index in [1.807, 2.05) is 7.05 Å². The molecular weight excluding hydrogens is 220 g/mol. The number of hydrogen-bond acceptors (Lipinski definition) is 4. The minimum atomic E-state index is -0.286. The van der Waals surface area contributed by atoms with Gasteiger partial charge in [0, 0.05) is 23.9 Å². The number of aliphatic hydroxyl groups excluding tert-OH is 1. The molecule has 1 atom stereocenters. The quantitative estimate of drug-likeness (QED) is 0.880. The third-order valence-electron chi connectivity index (χ3n) is 2.20. The van der Waals surface area contributed by atoms with Gasteiger partial charge >= 0.3 is 0 Å². The molecule has 0 aliphatic rings. The maximum absolute atomic E-state index is 9.28. The molecular formula is C12H22N2OS. The van der Waals surface area contributed by atoms with Gasteiger partial charge in [0.2, 0.25) is 0 Å². The molecule has 1 aromatic rings. The van der Waals surface area contributed by atoms with Crippen molar-refractivity contribution >= 4 is 11.3 Å². The lowest BCUT2D eigenvalue weighted by Crippen LogP contribution is -2.27. The molecule has 1 rings (SSSR count). The Balaban J connectivity index is 2.59. The van der Waals surface area contributed by atoms with E-state index < -0.39 is 0 Å². The molecule has 3 nitrogen and oxygen atoms in total. The van der Waals surface area contributed by atoms with Gasteiger partial charge in [0.1, 0.15) is 0 Å². The van der Waals surface area contributed by atoms with Crippen molar-refractivity contribution in [2.45, 2.75) is 45.8 Å². The van der Waals surface area contributed by atoms with Crippen LogP contribution in [0.15, 0.2) is 5.38 Å². The Morgan fingerprint density at radius 3 is 2.56 bits per heavy atom. The first-order valence-corrected chi connectivity index (χ1v) is 6.48. The second-order valence-electron chi connectivity index (χ2n) is 5.44. The van der Waals surface area contributed by atoms with Gasteiger partial charge in [0.15, 0.2) is 0 Å². The highest BCUT2D eigenvalue weighted by Gasteiger charge is 2.18. The topological polar surface area (TPSA) is 36.4 Å². The molecule has 0 amide bonds. The fraction of sp³-hybridized carbons (Fsp3) is 0.750. The molecule has 0 aliphatic heterocycles. The third kappa shape index (κ3) is 4.20. The van der Waals surface area contributed by atoms with Crippen LogP contribution < -0.4 is 0 Å². The molecule has 16 heavy (non-hydrogen) atoms. The number of thiazole rings is 1. The lowest BCUT2D eigenvalue weighted by Gasteiger charge is -2.17. The third-order valence-corrected chi connectivity index (χ3v) is 3.52. The van der Waals surface area contributed by atoms with Crippen LogP contribution in [0.1, 0.15) is 38.4 Å². The normalized spacial score (nSPS) is 14.4. The summed E-state index contributed by atoms with van der Waals surface area (Å²) in [6, 6.07) is 0. The number of rotatable bonds is 4. The van der Waals surface area contributed by atoms with Crippen molar-refractivity contribution in [3.05, 3.63) is 16.1 Å². The molecule has 1 unspecified atom stereocenters. The lowest BCUT2D eigenvalue weighted by atomic mass is 9.98. The average Bonchev–Trinajstić information content (AvgIpc) is 2.49. The second-order valence-corrected chi connectivity index (χ2v) is 6.30. The van der Waals surface area contributed by atoms with Gasteiger partial charge in [-0.1, -0.05) is 20.8 Å². The average molecular weight is 242 g/mol. The largest absolute Gasteiger partial charge is 0.392 e. The summed E-state index contributed by atoms with van der Waals surface area (Å²) < 4.78 is 0. The van der Waals surface area contributed by atoms with Gasteiger partial charge in [-0.15, -0.1) is 11.3 Å². The first-order chi connectivity index (χ1) is 7.29. The van der Waals surface area contributed by atoms with E-state index in [0.29, 0.717) is 6.54 Å². The molecule has 4 heteroatoms. The maximum atomic E-state index is 9.28. The maximum Gasteiger partial charge on any atom is 0.0982 e. The highest BCUT2D eigenvalue weighted by atomic mass is 32.1. The van der Waals surface area contributed by atoms with Crippen molar-refractivity contribution in [2.75, 3.05) is 13.6 Å². The summed E-state index contributed by atoms with van der Waals surface area (Å²) in [4.78, 5) is 6.71. The van der Waals surface area contributed by atoms with Crippen molar-refractivity contribution in [1.82, 2.24) is 9.88 Å². The van der Waals surface area contributed by atoms with E-state index in [1.165, 1.54) is 5.01 Å². The summed E-state index contributed by atoms with van der Waals surface area (Å²) in [6.07, 6.45) is -0.286. The van der Waals surface area contributed by atoms with Gasteiger partial charge in [-0.05, 0) is 14.0 Å². The van der Waals surface area contributed by atoms with Gasteiger partial charge in [0.25, 0.3) is 0 Å². The van der Waals surface area contributed by atoms with E-state index in [2.05, 4.69) is 36.0 Å². The highest BCUT2D eigenvalue weighted by molar-refractivity contribution is 7.09. The Morgan fingerprint density at radius 2 is 2.12 bits per heavy atom.